The van der Waals surface area contributed by atoms with Crippen molar-refractivity contribution in [2.75, 3.05) is 36.0 Å². The minimum Gasteiger partial charge on any atom is -0.488 e. The van der Waals surface area contributed by atoms with Gasteiger partial charge >= 0.3 is 0 Å². The maximum Gasteiger partial charge on any atom is 0.132 e. The molecule has 4 heterocycles. The number of benzene rings is 1. The van der Waals surface area contributed by atoms with Gasteiger partial charge in [-0.3, -0.25) is 4.99 Å². The highest BCUT2D eigenvalue weighted by Gasteiger charge is 2.40. The van der Waals surface area contributed by atoms with Gasteiger partial charge in [-0.1, -0.05) is 6.07 Å². The summed E-state index contributed by atoms with van der Waals surface area (Å²) in [5, 5.41) is 0. The van der Waals surface area contributed by atoms with E-state index in [2.05, 4.69) is 60.9 Å². The van der Waals surface area contributed by atoms with E-state index in [1.54, 1.807) is 18.9 Å². The highest BCUT2D eigenvalue weighted by Crippen LogP contribution is 2.40. The summed E-state index contributed by atoms with van der Waals surface area (Å²) in [4.78, 5) is 26.9. The van der Waals surface area contributed by atoms with Crippen LogP contribution in [0.4, 0.5) is 11.6 Å². The summed E-state index contributed by atoms with van der Waals surface area (Å²) < 4.78 is 6.18. The molecule has 3 aromatic rings. The first-order chi connectivity index (χ1) is 15.7. The second-order valence-electron chi connectivity index (χ2n) is 8.84. The van der Waals surface area contributed by atoms with E-state index in [-0.39, 0.29) is 5.60 Å². The molecule has 0 radical (unpaired) electrons. The molecule has 8 nitrogen and oxygen atoms in total. The Morgan fingerprint density at radius 2 is 1.66 bits per heavy atom. The first-order valence-corrected chi connectivity index (χ1v) is 11.1. The van der Waals surface area contributed by atoms with Crippen LogP contribution in [0.5, 0.6) is 5.75 Å². The van der Waals surface area contributed by atoms with Crippen LogP contribution in [0.1, 0.15) is 36.6 Å². The lowest BCUT2D eigenvalue weighted by atomic mass is 10.0. The third-order valence-corrected chi connectivity index (χ3v) is 6.45. The van der Waals surface area contributed by atoms with Crippen molar-refractivity contribution < 1.29 is 4.74 Å². The number of nitrogens with zero attached hydrogens (tertiary/aromatic N) is 7. The SMILES string of the molecule is CC1(Oc2ccc3c(c2)C(c2cc(N4CCN(c5ccncn5)CC4)ncn2)=NC3)CC1. The Morgan fingerprint density at radius 3 is 2.41 bits per heavy atom. The molecule has 1 saturated heterocycles. The number of hydrogen-bond donors (Lipinski definition) is 0. The van der Waals surface area contributed by atoms with Crippen molar-refractivity contribution in [3.8, 4) is 5.75 Å². The van der Waals surface area contributed by atoms with Gasteiger partial charge in [-0.25, -0.2) is 19.9 Å². The minimum atomic E-state index is 0.000159. The summed E-state index contributed by atoms with van der Waals surface area (Å²) in [6.07, 6.45) is 7.26. The van der Waals surface area contributed by atoms with E-state index in [9.17, 15) is 0 Å². The van der Waals surface area contributed by atoms with Gasteiger partial charge in [-0.05, 0) is 43.5 Å². The summed E-state index contributed by atoms with van der Waals surface area (Å²) in [5.41, 5.74) is 4.12. The number of aromatic nitrogens is 4. The molecule has 1 saturated carbocycles. The van der Waals surface area contributed by atoms with E-state index in [0.29, 0.717) is 6.54 Å². The number of piperazine rings is 1. The minimum absolute atomic E-state index is 0.000159. The molecule has 32 heavy (non-hydrogen) atoms. The summed E-state index contributed by atoms with van der Waals surface area (Å²) in [6.45, 7) is 6.37. The standard InChI is InChI=1S/C24H25N7O/c1-24(5-6-24)32-18-3-2-17-14-26-23(19(17)12-18)20-13-22(29-16-27-20)31-10-8-30(9-11-31)21-4-7-25-15-28-21/h2-4,7,12-13,15-16H,5-6,8-11,14H2,1H3. The van der Waals surface area contributed by atoms with Crippen LogP contribution in [0.3, 0.4) is 0 Å². The molecule has 0 spiro atoms. The summed E-state index contributed by atoms with van der Waals surface area (Å²) >= 11 is 0. The Hall–Kier alpha value is -3.55. The van der Waals surface area contributed by atoms with Crippen LogP contribution in [-0.2, 0) is 6.54 Å². The number of ether oxygens (including phenoxy) is 1. The Kier molecular flexibility index (Phi) is 4.52. The van der Waals surface area contributed by atoms with Crippen LogP contribution in [0, 0.1) is 0 Å². The number of rotatable bonds is 5. The zero-order valence-electron chi connectivity index (χ0n) is 18.1. The van der Waals surface area contributed by atoms with Crippen molar-refractivity contribution in [2.24, 2.45) is 4.99 Å². The zero-order chi connectivity index (χ0) is 21.5. The van der Waals surface area contributed by atoms with Crippen molar-refractivity contribution in [1.29, 1.82) is 0 Å². The van der Waals surface area contributed by atoms with Gasteiger partial charge in [0.2, 0.25) is 0 Å². The number of aliphatic imine (C=N–C) groups is 1. The molecule has 0 unspecified atom stereocenters. The first kappa shape index (κ1) is 19.2. The Bertz CT molecular complexity index is 1170. The Balaban J connectivity index is 1.20. The first-order valence-electron chi connectivity index (χ1n) is 11.1. The molecule has 0 bridgehead atoms. The van der Waals surface area contributed by atoms with E-state index in [1.165, 1.54) is 5.56 Å². The van der Waals surface area contributed by atoms with Gasteiger partial charge in [0.1, 0.15) is 35.6 Å². The van der Waals surface area contributed by atoms with Gasteiger partial charge in [0, 0.05) is 44.0 Å². The highest BCUT2D eigenvalue weighted by atomic mass is 16.5. The molecule has 8 heteroatoms. The largest absolute Gasteiger partial charge is 0.488 e. The van der Waals surface area contributed by atoms with Gasteiger partial charge in [0.25, 0.3) is 0 Å². The van der Waals surface area contributed by atoms with Crippen LogP contribution in [-0.4, -0.2) is 57.4 Å². The van der Waals surface area contributed by atoms with E-state index in [1.807, 2.05) is 6.07 Å². The van der Waals surface area contributed by atoms with Gasteiger partial charge in [0.15, 0.2) is 0 Å². The molecule has 2 aromatic heterocycles. The number of hydrogen-bond acceptors (Lipinski definition) is 8. The third-order valence-electron chi connectivity index (χ3n) is 6.45. The van der Waals surface area contributed by atoms with Gasteiger partial charge in [-0.2, -0.15) is 0 Å². The van der Waals surface area contributed by atoms with Crippen molar-refractivity contribution in [1.82, 2.24) is 19.9 Å². The lowest BCUT2D eigenvalue weighted by Gasteiger charge is -2.36. The molecule has 2 aliphatic heterocycles. The fraction of sp³-hybridized carbons (Fsp3) is 0.375. The Labute approximate surface area is 187 Å². The van der Waals surface area contributed by atoms with Gasteiger partial charge < -0.3 is 14.5 Å². The van der Waals surface area contributed by atoms with Crippen LogP contribution in [0.25, 0.3) is 0 Å². The molecule has 162 valence electrons. The molecular formula is C24H25N7O. The molecular weight excluding hydrogens is 402 g/mol. The fourth-order valence-corrected chi connectivity index (χ4v) is 4.29. The molecule has 6 rings (SSSR count). The van der Waals surface area contributed by atoms with Crippen molar-refractivity contribution >= 4 is 17.3 Å². The highest BCUT2D eigenvalue weighted by molar-refractivity contribution is 6.14. The zero-order valence-corrected chi connectivity index (χ0v) is 18.1. The lowest BCUT2D eigenvalue weighted by molar-refractivity contribution is 0.200. The quantitative estimate of drug-likeness (QED) is 0.619. The number of fused-ring (bicyclic) bond motifs is 1. The predicted octanol–water partition coefficient (Wildman–Crippen LogP) is 2.88. The van der Waals surface area contributed by atoms with E-state index >= 15 is 0 Å². The lowest BCUT2D eigenvalue weighted by Crippen LogP contribution is -2.47. The van der Waals surface area contributed by atoms with Crippen LogP contribution < -0.4 is 14.5 Å². The van der Waals surface area contributed by atoms with Crippen molar-refractivity contribution in [2.45, 2.75) is 31.9 Å². The van der Waals surface area contributed by atoms with Gasteiger partial charge in [-0.15, -0.1) is 0 Å². The summed E-state index contributed by atoms with van der Waals surface area (Å²) in [5.74, 6) is 2.82. The van der Waals surface area contributed by atoms with Crippen LogP contribution in [0.2, 0.25) is 0 Å². The van der Waals surface area contributed by atoms with Crippen LogP contribution >= 0.6 is 0 Å². The normalized spacial score (nSPS) is 18.8. The predicted molar refractivity (Wildman–Crippen MR) is 123 cm³/mol. The van der Waals surface area contributed by atoms with E-state index in [0.717, 1.165) is 73.4 Å². The third kappa shape index (κ3) is 3.66. The van der Waals surface area contributed by atoms with Crippen LogP contribution in [0.15, 0.2) is 54.2 Å². The summed E-state index contributed by atoms with van der Waals surface area (Å²) in [7, 11) is 0. The van der Waals surface area contributed by atoms with E-state index < -0.39 is 0 Å². The summed E-state index contributed by atoms with van der Waals surface area (Å²) in [6, 6.07) is 10.3. The molecule has 0 N–H and O–H groups in total. The van der Waals surface area contributed by atoms with Crippen molar-refractivity contribution in [3.05, 3.63) is 66.0 Å². The maximum atomic E-state index is 6.18. The molecule has 0 amide bonds. The maximum absolute atomic E-state index is 6.18. The average Bonchev–Trinajstić information content (AvgIpc) is 3.42. The molecule has 1 aliphatic carbocycles. The molecule has 0 atom stereocenters. The molecule has 3 aliphatic rings. The van der Waals surface area contributed by atoms with Gasteiger partial charge in [0.05, 0.1) is 18.0 Å². The second-order valence-corrected chi connectivity index (χ2v) is 8.84. The van der Waals surface area contributed by atoms with Crippen molar-refractivity contribution in [3.63, 3.8) is 0 Å². The molecule has 2 fully saturated rings. The number of anilines is 2. The topological polar surface area (TPSA) is 79.6 Å². The monoisotopic (exact) mass is 427 g/mol. The Morgan fingerprint density at radius 1 is 0.875 bits per heavy atom. The fourth-order valence-electron chi connectivity index (χ4n) is 4.29. The second kappa shape index (κ2) is 7.55. The average molecular weight is 428 g/mol. The van der Waals surface area contributed by atoms with E-state index in [4.69, 9.17) is 9.73 Å². The smallest absolute Gasteiger partial charge is 0.132 e. The molecule has 1 aromatic carbocycles.